The molecule has 1 amide bonds. The van der Waals surface area contributed by atoms with E-state index >= 15 is 0 Å². The van der Waals surface area contributed by atoms with Gasteiger partial charge in [0.05, 0.1) is 36.6 Å². The molecule has 1 fully saturated rings. The van der Waals surface area contributed by atoms with Gasteiger partial charge in [-0.2, -0.15) is 0 Å². The number of methoxy groups -OCH3 is 2. The normalized spacial score (nSPS) is 16.7. The Balaban J connectivity index is 1.75. The minimum atomic E-state index is -1.04. The molecular formula is C28H23ClN2O6S. The number of anilines is 1. The number of carbonyl (C=O) groups excluding carboxylic acids is 2. The summed E-state index contributed by atoms with van der Waals surface area (Å²) < 4.78 is 17.4. The van der Waals surface area contributed by atoms with Crippen LogP contribution >= 0.6 is 22.9 Å². The third-order valence-corrected chi connectivity index (χ3v) is 7.43. The zero-order chi connectivity index (χ0) is 27.0. The maximum absolute atomic E-state index is 13.6. The van der Waals surface area contributed by atoms with Crippen molar-refractivity contribution in [3.05, 3.63) is 82.4 Å². The smallest absolute Gasteiger partial charge is 0.301 e. The Bertz CT molecular complexity index is 1580. The van der Waals surface area contributed by atoms with Crippen LogP contribution < -0.4 is 19.1 Å². The Kier molecular flexibility index (Phi) is 6.96. The molecule has 1 unspecified atom stereocenters. The van der Waals surface area contributed by atoms with Crippen molar-refractivity contribution in [2.45, 2.75) is 13.0 Å². The number of fused-ring (bicyclic) bond motifs is 1. The van der Waals surface area contributed by atoms with Crippen LogP contribution in [0, 0.1) is 0 Å². The van der Waals surface area contributed by atoms with Gasteiger partial charge in [0.2, 0.25) is 0 Å². The molecule has 1 atom stereocenters. The first-order valence-corrected chi connectivity index (χ1v) is 12.9. The summed E-state index contributed by atoms with van der Waals surface area (Å²) in [5.41, 5.74) is 1.34. The van der Waals surface area contributed by atoms with Crippen LogP contribution in [0.1, 0.15) is 24.1 Å². The number of rotatable bonds is 7. The molecule has 3 aromatic carbocycles. The second-order valence-electron chi connectivity index (χ2n) is 8.34. The van der Waals surface area contributed by atoms with E-state index in [1.807, 2.05) is 13.0 Å². The minimum absolute atomic E-state index is 0.0989. The minimum Gasteiger partial charge on any atom is -0.507 e. The van der Waals surface area contributed by atoms with Gasteiger partial charge in [-0.1, -0.05) is 22.9 Å². The van der Waals surface area contributed by atoms with Crippen molar-refractivity contribution in [3.63, 3.8) is 0 Å². The number of benzene rings is 3. The fourth-order valence-electron chi connectivity index (χ4n) is 4.39. The first-order valence-electron chi connectivity index (χ1n) is 11.7. The van der Waals surface area contributed by atoms with Gasteiger partial charge in [-0.15, -0.1) is 0 Å². The number of hydrogen-bond donors (Lipinski definition) is 1. The molecule has 194 valence electrons. The second-order valence-corrected chi connectivity index (χ2v) is 9.79. The Morgan fingerprint density at radius 1 is 1.03 bits per heavy atom. The summed E-state index contributed by atoms with van der Waals surface area (Å²) >= 11 is 7.27. The number of aliphatic hydroxyl groups is 1. The molecule has 0 radical (unpaired) electrons. The van der Waals surface area contributed by atoms with Crippen LogP contribution in [0.2, 0.25) is 5.02 Å². The number of carbonyl (C=O) groups is 2. The van der Waals surface area contributed by atoms with Gasteiger partial charge in [0.1, 0.15) is 29.0 Å². The van der Waals surface area contributed by atoms with E-state index in [9.17, 15) is 14.7 Å². The quantitative estimate of drug-likeness (QED) is 0.171. The summed E-state index contributed by atoms with van der Waals surface area (Å²) in [7, 11) is 3.00. The van der Waals surface area contributed by atoms with Gasteiger partial charge < -0.3 is 19.3 Å². The Labute approximate surface area is 227 Å². The van der Waals surface area contributed by atoms with E-state index in [0.717, 1.165) is 4.70 Å². The molecule has 5 rings (SSSR count). The van der Waals surface area contributed by atoms with Crippen LogP contribution in [0.5, 0.6) is 17.2 Å². The van der Waals surface area contributed by atoms with Crippen molar-refractivity contribution in [1.29, 1.82) is 0 Å². The van der Waals surface area contributed by atoms with Crippen LogP contribution in [0.4, 0.5) is 5.13 Å². The molecule has 1 aliphatic rings. The molecule has 38 heavy (non-hydrogen) atoms. The van der Waals surface area contributed by atoms with Crippen LogP contribution in [0.25, 0.3) is 16.0 Å². The lowest BCUT2D eigenvalue weighted by Crippen LogP contribution is -2.29. The first kappa shape index (κ1) is 25.6. The molecule has 4 aromatic rings. The van der Waals surface area contributed by atoms with E-state index < -0.39 is 17.7 Å². The fourth-order valence-corrected chi connectivity index (χ4v) is 5.54. The largest absolute Gasteiger partial charge is 0.507 e. The number of ether oxygens (including phenoxy) is 3. The Morgan fingerprint density at radius 3 is 2.45 bits per heavy atom. The lowest BCUT2D eigenvalue weighted by Gasteiger charge is -2.25. The number of aromatic nitrogens is 1. The van der Waals surface area contributed by atoms with E-state index in [1.165, 1.54) is 30.5 Å². The fraction of sp³-hybridized carbons (Fsp3) is 0.179. The predicted molar refractivity (Wildman–Crippen MR) is 147 cm³/mol. The lowest BCUT2D eigenvalue weighted by molar-refractivity contribution is -0.132. The van der Waals surface area contributed by atoms with E-state index in [0.29, 0.717) is 50.7 Å². The van der Waals surface area contributed by atoms with Crippen LogP contribution in [0.15, 0.2) is 66.2 Å². The van der Waals surface area contributed by atoms with E-state index in [-0.39, 0.29) is 11.3 Å². The zero-order valence-electron chi connectivity index (χ0n) is 20.7. The van der Waals surface area contributed by atoms with Crippen molar-refractivity contribution in [1.82, 2.24) is 4.98 Å². The summed E-state index contributed by atoms with van der Waals surface area (Å²) in [5, 5.41) is 12.1. The van der Waals surface area contributed by atoms with Crippen molar-refractivity contribution < 1.29 is 28.9 Å². The monoisotopic (exact) mass is 550 g/mol. The topological polar surface area (TPSA) is 98.2 Å². The number of halogens is 1. The maximum Gasteiger partial charge on any atom is 0.301 e. The standard InChI is InChI=1S/C28H23ClN2O6S/c1-4-37-18-9-11-20-22(14-18)38-28(30-20)31-24(19-13-17(35-2)10-12-21(19)36-3)23(26(33)27(31)34)25(32)15-5-7-16(29)8-6-15/h5-14,24,32H,4H2,1-3H3. The molecule has 8 nitrogen and oxygen atoms in total. The number of nitrogens with zero attached hydrogens (tertiary/aromatic N) is 2. The highest BCUT2D eigenvalue weighted by atomic mass is 35.5. The third kappa shape index (κ3) is 4.44. The van der Waals surface area contributed by atoms with E-state index in [1.54, 1.807) is 54.6 Å². The highest BCUT2D eigenvalue weighted by Gasteiger charge is 2.49. The van der Waals surface area contributed by atoms with Crippen molar-refractivity contribution in [2.24, 2.45) is 0 Å². The van der Waals surface area contributed by atoms with Crippen LogP contribution in [-0.2, 0) is 9.59 Å². The molecule has 1 saturated heterocycles. The van der Waals surface area contributed by atoms with Crippen molar-refractivity contribution in [2.75, 3.05) is 25.7 Å². The van der Waals surface area contributed by atoms with Gasteiger partial charge in [0.15, 0.2) is 5.13 Å². The molecule has 1 aromatic heterocycles. The SMILES string of the molecule is CCOc1ccc2nc(N3C(=O)C(=O)C(=C(O)c4ccc(Cl)cc4)C3c3cc(OC)ccc3OC)sc2c1. The van der Waals surface area contributed by atoms with Gasteiger partial charge in [0.25, 0.3) is 5.78 Å². The van der Waals surface area contributed by atoms with Gasteiger partial charge in [0, 0.05) is 16.1 Å². The molecule has 0 aliphatic carbocycles. The molecule has 0 spiro atoms. The molecule has 0 saturated carbocycles. The van der Waals surface area contributed by atoms with Gasteiger partial charge in [-0.25, -0.2) is 4.98 Å². The number of amides is 1. The van der Waals surface area contributed by atoms with Crippen LogP contribution in [0.3, 0.4) is 0 Å². The Morgan fingerprint density at radius 2 is 1.76 bits per heavy atom. The molecule has 1 N–H and O–H groups in total. The highest BCUT2D eigenvalue weighted by molar-refractivity contribution is 7.22. The number of ketones is 1. The van der Waals surface area contributed by atoms with Gasteiger partial charge in [-0.05, 0) is 67.6 Å². The first-order chi connectivity index (χ1) is 18.4. The number of Topliss-reactive ketones (excluding diaryl/α,β-unsaturated/α-hetero) is 1. The number of thiazole rings is 1. The van der Waals surface area contributed by atoms with Crippen LogP contribution in [-0.4, -0.2) is 42.6 Å². The summed E-state index contributed by atoms with van der Waals surface area (Å²) in [5.74, 6) is -0.433. The molecule has 2 heterocycles. The predicted octanol–water partition coefficient (Wildman–Crippen LogP) is 5.99. The molecule has 1 aliphatic heterocycles. The summed E-state index contributed by atoms with van der Waals surface area (Å²) in [4.78, 5) is 33.0. The Hall–Kier alpha value is -4.08. The van der Waals surface area contributed by atoms with E-state index in [2.05, 4.69) is 4.98 Å². The molecule has 10 heteroatoms. The molecular weight excluding hydrogens is 528 g/mol. The van der Waals surface area contributed by atoms with Gasteiger partial charge in [-0.3, -0.25) is 14.5 Å². The van der Waals surface area contributed by atoms with Crippen molar-refractivity contribution in [3.8, 4) is 17.2 Å². The molecule has 0 bridgehead atoms. The van der Waals surface area contributed by atoms with Crippen molar-refractivity contribution >= 4 is 55.7 Å². The number of hydrogen-bond acceptors (Lipinski definition) is 8. The summed E-state index contributed by atoms with van der Waals surface area (Å²) in [6.07, 6.45) is 0. The summed E-state index contributed by atoms with van der Waals surface area (Å²) in [6.45, 7) is 2.40. The highest BCUT2D eigenvalue weighted by Crippen LogP contribution is 2.47. The zero-order valence-corrected chi connectivity index (χ0v) is 22.3. The number of aliphatic hydroxyl groups excluding tert-OH is 1. The third-order valence-electron chi connectivity index (χ3n) is 6.16. The maximum atomic E-state index is 13.6. The lowest BCUT2D eigenvalue weighted by atomic mass is 9.94. The van der Waals surface area contributed by atoms with E-state index in [4.69, 9.17) is 25.8 Å². The average molecular weight is 551 g/mol. The average Bonchev–Trinajstić information content (AvgIpc) is 3.46. The summed E-state index contributed by atoms with van der Waals surface area (Å²) in [6, 6.07) is 15.8. The van der Waals surface area contributed by atoms with Gasteiger partial charge >= 0.3 is 5.91 Å². The second kappa shape index (κ2) is 10.4.